The SMILES string of the molecule is COC(=O)c1c(-c2ccc(Cl)cc2)csc1NC(=O)CSc1nnc(COc2ccc(C)c(C)c2)n1C. The van der Waals surface area contributed by atoms with Crippen molar-refractivity contribution in [3.05, 3.63) is 75.4 Å². The molecule has 0 aliphatic heterocycles. The molecule has 8 nitrogen and oxygen atoms in total. The van der Waals surface area contributed by atoms with Crippen molar-refractivity contribution in [2.75, 3.05) is 18.2 Å². The number of methoxy groups -OCH3 is 1. The third kappa shape index (κ3) is 6.33. The Balaban J connectivity index is 1.39. The zero-order chi connectivity index (χ0) is 26.5. The molecule has 0 fully saturated rings. The van der Waals surface area contributed by atoms with Crippen molar-refractivity contribution in [2.45, 2.75) is 25.6 Å². The van der Waals surface area contributed by atoms with Crippen LogP contribution >= 0.6 is 34.7 Å². The molecule has 11 heteroatoms. The van der Waals surface area contributed by atoms with Gasteiger partial charge in [-0.2, -0.15) is 0 Å². The Morgan fingerprint density at radius 1 is 1.11 bits per heavy atom. The summed E-state index contributed by atoms with van der Waals surface area (Å²) in [7, 11) is 3.13. The number of rotatable bonds is 9. The predicted octanol–water partition coefficient (Wildman–Crippen LogP) is 5.91. The highest BCUT2D eigenvalue weighted by molar-refractivity contribution is 7.99. The first-order chi connectivity index (χ1) is 17.8. The van der Waals surface area contributed by atoms with Crippen LogP contribution in [0.4, 0.5) is 5.00 Å². The number of aromatic nitrogens is 3. The molecule has 2 aromatic carbocycles. The van der Waals surface area contributed by atoms with E-state index < -0.39 is 5.97 Å². The van der Waals surface area contributed by atoms with Crippen molar-refractivity contribution < 1.29 is 19.1 Å². The number of anilines is 1. The van der Waals surface area contributed by atoms with E-state index in [4.69, 9.17) is 21.1 Å². The number of benzene rings is 2. The van der Waals surface area contributed by atoms with Crippen molar-refractivity contribution in [2.24, 2.45) is 7.05 Å². The summed E-state index contributed by atoms with van der Waals surface area (Å²) in [6, 6.07) is 13.0. The average molecular weight is 557 g/mol. The number of aryl methyl sites for hydroxylation is 2. The zero-order valence-corrected chi connectivity index (χ0v) is 23.1. The van der Waals surface area contributed by atoms with Gasteiger partial charge in [0.25, 0.3) is 0 Å². The van der Waals surface area contributed by atoms with Gasteiger partial charge >= 0.3 is 5.97 Å². The van der Waals surface area contributed by atoms with Gasteiger partial charge in [-0.15, -0.1) is 21.5 Å². The fourth-order valence-corrected chi connectivity index (χ4v) is 5.27. The molecule has 0 radical (unpaired) electrons. The summed E-state index contributed by atoms with van der Waals surface area (Å²) in [5.41, 5.74) is 4.12. The van der Waals surface area contributed by atoms with Gasteiger partial charge < -0.3 is 19.4 Å². The normalized spacial score (nSPS) is 10.8. The molecule has 2 heterocycles. The molecule has 0 saturated heterocycles. The standard InChI is InChI=1S/C26H25ClN4O4S2/c1-15-5-10-19(11-16(15)2)35-12-21-29-30-26(31(21)3)37-14-22(32)28-24-23(25(33)34-4)20(13-36-24)17-6-8-18(27)9-7-17/h5-11,13H,12,14H2,1-4H3,(H,28,32). The number of esters is 1. The maximum Gasteiger partial charge on any atom is 0.341 e. The Bertz CT molecular complexity index is 1430. The van der Waals surface area contributed by atoms with E-state index in [1.165, 1.54) is 35.8 Å². The van der Waals surface area contributed by atoms with E-state index in [0.717, 1.165) is 16.9 Å². The van der Waals surface area contributed by atoms with Crippen LogP contribution in [0.15, 0.2) is 53.0 Å². The van der Waals surface area contributed by atoms with E-state index in [-0.39, 0.29) is 18.3 Å². The highest BCUT2D eigenvalue weighted by Crippen LogP contribution is 2.36. The fraction of sp³-hybridized carbons (Fsp3) is 0.231. The predicted molar refractivity (Wildman–Crippen MR) is 147 cm³/mol. The summed E-state index contributed by atoms with van der Waals surface area (Å²) in [5.74, 6) is 0.667. The van der Waals surface area contributed by atoms with Crippen LogP contribution in [0.3, 0.4) is 0 Å². The molecule has 0 unspecified atom stereocenters. The quantitative estimate of drug-likeness (QED) is 0.202. The van der Waals surface area contributed by atoms with Gasteiger partial charge in [-0.25, -0.2) is 4.79 Å². The molecule has 0 atom stereocenters. The van der Waals surface area contributed by atoms with Crippen LogP contribution in [0, 0.1) is 13.8 Å². The number of amides is 1. The number of carbonyl (C=O) groups excluding carboxylic acids is 2. The van der Waals surface area contributed by atoms with Gasteiger partial charge in [0.1, 0.15) is 22.9 Å². The van der Waals surface area contributed by atoms with E-state index >= 15 is 0 Å². The fourth-order valence-electron chi connectivity index (χ4n) is 3.44. The Morgan fingerprint density at radius 2 is 1.86 bits per heavy atom. The minimum atomic E-state index is -0.532. The molecule has 0 aliphatic carbocycles. The van der Waals surface area contributed by atoms with E-state index in [1.807, 2.05) is 49.7 Å². The van der Waals surface area contributed by atoms with Crippen molar-refractivity contribution in [3.63, 3.8) is 0 Å². The van der Waals surface area contributed by atoms with E-state index in [0.29, 0.717) is 32.1 Å². The number of hydrogen-bond acceptors (Lipinski definition) is 8. The lowest BCUT2D eigenvalue weighted by molar-refractivity contribution is -0.113. The van der Waals surface area contributed by atoms with E-state index in [2.05, 4.69) is 22.4 Å². The minimum absolute atomic E-state index is 0.0821. The zero-order valence-electron chi connectivity index (χ0n) is 20.7. The van der Waals surface area contributed by atoms with Gasteiger partial charge in [0.2, 0.25) is 5.91 Å². The van der Waals surface area contributed by atoms with Crippen LogP contribution in [0.25, 0.3) is 11.1 Å². The lowest BCUT2D eigenvalue weighted by atomic mass is 10.0. The summed E-state index contributed by atoms with van der Waals surface area (Å²) >= 11 is 8.49. The van der Waals surface area contributed by atoms with Gasteiger partial charge in [-0.3, -0.25) is 4.79 Å². The number of halogens is 1. The van der Waals surface area contributed by atoms with Crippen molar-refractivity contribution in [1.29, 1.82) is 0 Å². The Morgan fingerprint density at radius 3 is 2.57 bits per heavy atom. The lowest BCUT2D eigenvalue weighted by Gasteiger charge is -2.09. The maximum absolute atomic E-state index is 12.8. The number of nitrogens with one attached hydrogen (secondary N) is 1. The van der Waals surface area contributed by atoms with Gasteiger partial charge in [0.05, 0.1) is 12.9 Å². The average Bonchev–Trinajstić information content (AvgIpc) is 3.46. The molecular formula is C26H25ClN4O4S2. The molecule has 0 saturated carbocycles. The highest BCUT2D eigenvalue weighted by Gasteiger charge is 2.23. The number of nitrogens with zero attached hydrogens (tertiary/aromatic N) is 3. The third-order valence-corrected chi connectivity index (χ3v) is 7.86. The van der Waals surface area contributed by atoms with Gasteiger partial charge in [-0.05, 0) is 54.8 Å². The minimum Gasteiger partial charge on any atom is -0.486 e. The topological polar surface area (TPSA) is 95.3 Å². The Hall–Kier alpha value is -3.34. The van der Waals surface area contributed by atoms with Crippen LogP contribution in [-0.2, 0) is 23.2 Å². The van der Waals surface area contributed by atoms with Crippen molar-refractivity contribution in [1.82, 2.24) is 14.8 Å². The van der Waals surface area contributed by atoms with Gasteiger partial charge in [-0.1, -0.05) is 41.6 Å². The molecule has 192 valence electrons. The second kappa shape index (κ2) is 11.8. The Kier molecular flexibility index (Phi) is 8.52. The molecule has 4 aromatic rings. The molecule has 0 bridgehead atoms. The second-order valence-electron chi connectivity index (χ2n) is 8.18. The number of carbonyl (C=O) groups is 2. The largest absolute Gasteiger partial charge is 0.486 e. The monoisotopic (exact) mass is 556 g/mol. The molecule has 1 amide bonds. The van der Waals surface area contributed by atoms with Gasteiger partial charge in [0, 0.05) is 23.0 Å². The van der Waals surface area contributed by atoms with Crippen LogP contribution in [0.1, 0.15) is 27.3 Å². The van der Waals surface area contributed by atoms with Crippen LogP contribution in [-0.4, -0.2) is 39.5 Å². The lowest BCUT2D eigenvalue weighted by Crippen LogP contribution is -2.16. The number of thioether (sulfide) groups is 1. The Labute approximate surface area is 228 Å². The van der Waals surface area contributed by atoms with Gasteiger partial charge in [0.15, 0.2) is 11.0 Å². The molecule has 37 heavy (non-hydrogen) atoms. The van der Waals surface area contributed by atoms with Crippen molar-refractivity contribution >= 4 is 51.6 Å². The highest BCUT2D eigenvalue weighted by atomic mass is 35.5. The molecule has 0 aliphatic rings. The maximum atomic E-state index is 12.8. The summed E-state index contributed by atoms with van der Waals surface area (Å²) in [4.78, 5) is 25.3. The first kappa shape index (κ1) is 26.7. The van der Waals surface area contributed by atoms with E-state index in [1.54, 1.807) is 16.7 Å². The third-order valence-electron chi connectivity index (χ3n) is 5.69. The van der Waals surface area contributed by atoms with Crippen LogP contribution < -0.4 is 10.1 Å². The number of hydrogen-bond donors (Lipinski definition) is 1. The smallest absolute Gasteiger partial charge is 0.341 e. The molecule has 0 spiro atoms. The summed E-state index contributed by atoms with van der Waals surface area (Å²) in [6.07, 6.45) is 0. The number of thiophene rings is 1. The summed E-state index contributed by atoms with van der Waals surface area (Å²) in [6.45, 7) is 4.34. The molecule has 2 aromatic heterocycles. The molecule has 1 N–H and O–H groups in total. The number of ether oxygens (including phenoxy) is 2. The first-order valence-electron chi connectivity index (χ1n) is 11.2. The molecular weight excluding hydrogens is 532 g/mol. The summed E-state index contributed by atoms with van der Waals surface area (Å²) < 4.78 is 12.6. The molecule has 4 rings (SSSR count). The van der Waals surface area contributed by atoms with E-state index in [9.17, 15) is 9.59 Å². The summed E-state index contributed by atoms with van der Waals surface area (Å²) in [5, 5.41) is 14.6. The van der Waals surface area contributed by atoms with Crippen LogP contribution in [0.2, 0.25) is 5.02 Å². The van der Waals surface area contributed by atoms with Crippen molar-refractivity contribution in [3.8, 4) is 16.9 Å². The first-order valence-corrected chi connectivity index (χ1v) is 13.5. The second-order valence-corrected chi connectivity index (χ2v) is 10.4. The van der Waals surface area contributed by atoms with Crippen LogP contribution in [0.5, 0.6) is 5.75 Å².